The Bertz CT molecular complexity index is 374. The smallest absolute Gasteiger partial charge is 0.150 e. The zero-order chi connectivity index (χ0) is 11.9. The molecule has 0 spiro atoms. The van der Waals surface area contributed by atoms with Crippen LogP contribution in [0.5, 0.6) is 0 Å². The van der Waals surface area contributed by atoms with E-state index in [9.17, 15) is 0 Å². The van der Waals surface area contributed by atoms with Gasteiger partial charge in [0, 0.05) is 30.7 Å². The highest BCUT2D eigenvalue weighted by molar-refractivity contribution is 5.05. The molecule has 3 rings (SSSR count). The highest BCUT2D eigenvalue weighted by Crippen LogP contribution is 2.41. The van der Waals surface area contributed by atoms with Crippen LogP contribution in [0.1, 0.15) is 32.4 Å². The van der Waals surface area contributed by atoms with Gasteiger partial charge in [0.15, 0.2) is 5.76 Å². The summed E-state index contributed by atoms with van der Waals surface area (Å²) in [6.45, 7) is 7.70. The minimum absolute atomic E-state index is 0.298. The lowest BCUT2D eigenvalue weighted by molar-refractivity contribution is 0.0694. The van der Waals surface area contributed by atoms with Gasteiger partial charge in [0.25, 0.3) is 0 Å². The van der Waals surface area contributed by atoms with Crippen LogP contribution < -0.4 is 5.32 Å². The Morgan fingerprint density at radius 3 is 3.06 bits per heavy atom. The maximum atomic E-state index is 5.22. The van der Waals surface area contributed by atoms with Gasteiger partial charge in [-0.05, 0) is 32.6 Å². The average molecular weight is 235 g/mol. The molecule has 1 aromatic rings. The molecule has 4 nitrogen and oxygen atoms in total. The van der Waals surface area contributed by atoms with Gasteiger partial charge in [-0.1, -0.05) is 5.16 Å². The largest absolute Gasteiger partial charge is 0.360 e. The molecule has 1 aliphatic heterocycles. The first-order valence-corrected chi connectivity index (χ1v) is 6.56. The van der Waals surface area contributed by atoms with Crippen molar-refractivity contribution in [3.63, 3.8) is 0 Å². The molecule has 0 aromatic carbocycles. The Hall–Kier alpha value is -0.870. The third kappa shape index (κ3) is 2.24. The van der Waals surface area contributed by atoms with Crippen molar-refractivity contribution in [1.29, 1.82) is 0 Å². The van der Waals surface area contributed by atoms with Crippen LogP contribution in [0, 0.1) is 5.92 Å². The quantitative estimate of drug-likeness (QED) is 0.864. The molecule has 1 aliphatic carbocycles. The summed E-state index contributed by atoms with van der Waals surface area (Å²) in [5.74, 6) is 1.84. The third-order valence-electron chi connectivity index (χ3n) is 4.28. The van der Waals surface area contributed by atoms with E-state index in [0.717, 1.165) is 31.3 Å². The van der Waals surface area contributed by atoms with E-state index in [-0.39, 0.29) is 0 Å². The molecule has 1 saturated carbocycles. The maximum Gasteiger partial charge on any atom is 0.150 e. The molecule has 1 saturated heterocycles. The van der Waals surface area contributed by atoms with E-state index in [0.29, 0.717) is 11.6 Å². The predicted molar refractivity (Wildman–Crippen MR) is 65.5 cm³/mol. The van der Waals surface area contributed by atoms with Crippen LogP contribution >= 0.6 is 0 Å². The van der Waals surface area contributed by atoms with Crippen LogP contribution in [0.25, 0.3) is 0 Å². The lowest BCUT2D eigenvalue weighted by Crippen LogP contribution is -2.62. The molecule has 2 atom stereocenters. The van der Waals surface area contributed by atoms with E-state index in [1.54, 1.807) is 6.20 Å². The van der Waals surface area contributed by atoms with Gasteiger partial charge in [-0.3, -0.25) is 4.90 Å². The normalized spacial score (nSPS) is 35.1. The third-order valence-corrected chi connectivity index (χ3v) is 4.28. The molecule has 2 unspecified atom stereocenters. The fourth-order valence-electron chi connectivity index (χ4n) is 2.87. The second kappa shape index (κ2) is 4.10. The van der Waals surface area contributed by atoms with Gasteiger partial charge in [0.05, 0.1) is 12.7 Å². The number of nitrogens with zero attached hydrogens (tertiary/aromatic N) is 2. The van der Waals surface area contributed by atoms with Gasteiger partial charge in [-0.2, -0.15) is 0 Å². The van der Waals surface area contributed by atoms with Crippen molar-refractivity contribution in [1.82, 2.24) is 15.4 Å². The number of aromatic nitrogens is 1. The van der Waals surface area contributed by atoms with Crippen molar-refractivity contribution in [2.24, 2.45) is 5.92 Å². The summed E-state index contributed by atoms with van der Waals surface area (Å²) < 4.78 is 5.22. The maximum absolute atomic E-state index is 5.22. The molecule has 17 heavy (non-hydrogen) atoms. The van der Waals surface area contributed by atoms with Gasteiger partial charge in [0.2, 0.25) is 0 Å². The van der Waals surface area contributed by atoms with E-state index in [1.807, 2.05) is 6.07 Å². The molecule has 1 N–H and O–H groups in total. The van der Waals surface area contributed by atoms with Gasteiger partial charge >= 0.3 is 0 Å². The summed E-state index contributed by atoms with van der Waals surface area (Å²) in [5, 5.41) is 7.51. The summed E-state index contributed by atoms with van der Waals surface area (Å²) in [4.78, 5) is 2.51. The molecule has 94 valence electrons. The lowest BCUT2D eigenvalue weighted by Gasteiger charge is -2.45. The highest BCUT2D eigenvalue weighted by atomic mass is 16.5. The highest BCUT2D eigenvalue weighted by Gasteiger charge is 2.45. The molecule has 0 amide bonds. The zero-order valence-corrected chi connectivity index (χ0v) is 10.6. The van der Waals surface area contributed by atoms with Crippen molar-refractivity contribution in [2.75, 3.05) is 13.1 Å². The number of rotatable bonds is 3. The number of hydrogen-bond acceptors (Lipinski definition) is 4. The van der Waals surface area contributed by atoms with E-state index in [1.165, 1.54) is 12.8 Å². The molecule has 0 radical (unpaired) electrons. The fourth-order valence-corrected chi connectivity index (χ4v) is 2.87. The van der Waals surface area contributed by atoms with Crippen LogP contribution in [-0.2, 0) is 6.54 Å². The fraction of sp³-hybridized carbons (Fsp3) is 0.769. The summed E-state index contributed by atoms with van der Waals surface area (Å²) in [6.07, 6.45) is 4.49. The number of hydrogen-bond donors (Lipinski definition) is 1. The van der Waals surface area contributed by atoms with Crippen molar-refractivity contribution in [3.8, 4) is 0 Å². The van der Waals surface area contributed by atoms with Crippen LogP contribution in [0.2, 0.25) is 0 Å². The van der Waals surface area contributed by atoms with Crippen LogP contribution in [0.15, 0.2) is 16.8 Å². The molecule has 2 fully saturated rings. The Morgan fingerprint density at radius 1 is 1.59 bits per heavy atom. The molecular formula is C13H21N3O. The second-order valence-electron chi connectivity index (χ2n) is 5.81. The molecule has 2 aliphatic rings. The van der Waals surface area contributed by atoms with Crippen LogP contribution in [-0.4, -0.2) is 34.7 Å². The van der Waals surface area contributed by atoms with Gasteiger partial charge in [-0.15, -0.1) is 0 Å². The van der Waals surface area contributed by atoms with Crippen molar-refractivity contribution >= 4 is 0 Å². The summed E-state index contributed by atoms with van der Waals surface area (Å²) in [7, 11) is 0. The minimum Gasteiger partial charge on any atom is -0.360 e. The van der Waals surface area contributed by atoms with Crippen LogP contribution in [0.3, 0.4) is 0 Å². The Balaban J connectivity index is 1.69. The van der Waals surface area contributed by atoms with Gasteiger partial charge < -0.3 is 9.84 Å². The van der Waals surface area contributed by atoms with Crippen molar-refractivity contribution in [2.45, 2.75) is 44.8 Å². The van der Waals surface area contributed by atoms with Gasteiger partial charge in [-0.25, -0.2) is 0 Å². The number of piperazine rings is 1. The lowest BCUT2D eigenvalue weighted by atomic mass is 9.91. The van der Waals surface area contributed by atoms with E-state index < -0.39 is 0 Å². The van der Waals surface area contributed by atoms with E-state index in [4.69, 9.17) is 4.52 Å². The topological polar surface area (TPSA) is 41.3 Å². The van der Waals surface area contributed by atoms with E-state index in [2.05, 4.69) is 29.2 Å². The minimum atomic E-state index is 0.298. The monoisotopic (exact) mass is 235 g/mol. The first-order valence-electron chi connectivity index (χ1n) is 6.56. The Labute approximate surface area is 102 Å². The summed E-state index contributed by atoms with van der Waals surface area (Å²) in [6, 6.07) is 2.52. The summed E-state index contributed by atoms with van der Waals surface area (Å²) >= 11 is 0. The first kappa shape index (κ1) is 11.2. The molecule has 1 aromatic heterocycles. The van der Waals surface area contributed by atoms with Crippen LogP contribution in [0.4, 0.5) is 0 Å². The van der Waals surface area contributed by atoms with Gasteiger partial charge in [0.1, 0.15) is 0 Å². The van der Waals surface area contributed by atoms with Crippen molar-refractivity contribution in [3.05, 3.63) is 18.0 Å². The Kier molecular flexibility index (Phi) is 2.71. The zero-order valence-electron chi connectivity index (χ0n) is 10.6. The average Bonchev–Trinajstić information content (AvgIpc) is 3.05. The standard InChI is InChI=1S/C13H21N3O/c1-10-7-14-13(2,11-3-4-11)9-16(10)8-12-5-6-15-17-12/h5-6,10-11,14H,3-4,7-9H2,1-2H3. The van der Waals surface area contributed by atoms with E-state index >= 15 is 0 Å². The summed E-state index contributed by atoms with van der Waals surface area (Å²) in [5.41, 5.74) is 0.298. The number of nitrogens with one attached hydrogen (secondary N) is 1. The first-order chi connectivity index (χ1) is 8.17. The Morgan fingerprint density at radius 2 is 2.41 bits per heavy atom. The second-order valence-corrected chi connectivity index (χ2v) is 5.81. The molecule has 4 heteroatoms. The molecule has 0 bridgehead atoms. The molecular weight excluding hydrogens is 214 g/mol. The van der Waals surface area contributed by atoms with Crippen molar-refractivity contribution < 1.29 is 4.52 Å². The predicted octanol–water partition coefficient (Wildman–Crippen LogP) is 1.64. The molecule has 2 heterocycles. The SMILES string of the molecule is CC1CNC(C)(C2CC2)CN1Cc1ccno1.